The van der Waals surface area contributed by atoms with Gasteiger partial charge in [0, 0.05) is 17.1 Å². The maximum absolute atomic E-state index is 12.6. The van der Waals surface area contributed by atoms with E-state index in [0.717, 1.165) is 21.7 Å². The molecule has 23 heavy (non-hydrogen) atoms. The Kier molecular flexibility index (Phi) is 3.05. The highest BCUT2D eigenvalue weighted by molar-refractivity contribution is 6.14. The van der Waals surface area contributed by atoms with Crippen LogP contribution < -0.4 is 0 Å². The topological polar surface area (TPSA) is 50.2 Å². The highest BCUT2D eigenvalue weighted by Gasteiger charge is 2.14. The molecule has 0 fully saturated rings. The number of phenols is 1. The number of aromatic nitrogens is 1. The van der Waals surface area contributed by atoms with Gasteiger partial charge in [-0.05, 0) is 35.0 Å². The molecule has 3 heteroatoms. The minimum absolute atomic E-state index is 0.0180. The van der Waals surface area contributed by atoms with Gasteiger partial charge in [-0.15, -0.1) is 0 Å². The molecule has 0 aliphatic rings. The van der Waals surface area contributed by atoms with Gasteiger partial charge in [0.1, 0.15) is 5.75 Å². The first kappa shape index (κ1) is 13.5. The van der Waals surface area contributed by atoms with Gasteiger partial charge >= 0.3 is 0 Å². The molecule has 0 aliphatic heterocycles. The Morgan fingerprint density at radius 1 is 0.870 bits per heavy atom. The maximum atomic E-state index is 12.6. The van der Waals surface area contributed by atoms with Crippen LogP contribution in [0.5, 0.6) is 5.75 Å². The van der Waals surface area contributed by atoms with E-state index in [1.54, 1.807) is 24.4 Å². The van der Waals surface area contributed by atoms with Gasteiger partial charge in [0.15, 0.2) is 5.78 Å². The third-order valence-electron chi connectivity index (χ3n) is 4.00. The Bertz CT molecular complexity index is 1050. The number of carbonyl (C=O) groups excluding carboxylic acids is 1. The number of ketones is 1. The molecule has 4 rings (SSSR count). The molecule has 110 valence electrons. The second-order valence-electron chi connectivity index (χ2n) is 5.42. The molecule has 0 radical (unpaired) electrons. The summed E-state index contributed by atoms with van der Waals surface area (Å²) < 4.78 is 0. The molecule has 0 spiro atoms. The number of hydrogen-bond acceptors (Lipinski definition) is 3. The first-order chi connectivity index (χ1) is 11.2. The van der Waals surface area contributed by atoms with Crippen LogP contribution in [0.1, 0.15) is 15.9 Å². The van der Waals surface area contributed by atoms with E-state index in [1.165, 1.54) is 6.07 Å². The molecule has 3 nitrogen and oxygen atoms in total. The Hall–Kier alpha value is -3.20. The molecule has 4 aromatic rings. The van der Waals surface area contributed by atoms with E-state index in [1.807, 2.05) is 42.5 Å². The SMILES string of the molecule is O=C(c1cnc2ccc3ccccc3c2c1)c1ccccc1O. The summed E-state index contributed by atoms with van der Waals surface area (Å²) in [7, 11) is 0. The lowest BCUT2D eigenvalue weighted by Crippen LogP contribution is -2.02. The molecule has 0 unspecified atom stereocenters. The summed E-state index contributed by atoms with van der Waals surface area (Å²) >= 11 is 0. The van der Waals surface area contributed by atoms with Crippen LogP contribution in [-0.4, -0.2) is 15.9 Å². The quantitative estimate of drug-likeness (QED) is 0.443. The van der Waals surface area contributed by atoms with Crippen molar-refractivity contribution >= 4 is 27.5 Å². The largest absolute Gasteiger partial charge is 0.507 e. The maximum Gasteiger partial charge on any atom is 0.198 e. The molecule has 0 atom stereocenters. The van der Waals surface area contributed by atoms with Crippen LogP contribution >= 0.6 is 0 Å². The average molecular weight is 299 g/mol. The fraction of sp³-hybridized carbons (Fsp3) is 0. The molecular weight excluding hydrogens is 286 g/mol. The van der Waals surface area contributed by atoms with Gasteiger partial charge in [-0.25, -0.2) is 0 Å². The van der Waals surface area contributed by atoms with Gasteiger partial charge < -0.3 is 5.11 Å². The summed E-state index contributed by atoms with van der Waals surface area (Å²) in [6.45, 7) is 0. The van der Waals surface area contributed by atoms with E-state index in [-0.39, 0.29) is 17.1 Å². The van der Waals surface area contributed by atoms with Crippen LogP contribution in [0.25, 0.3) is 21.7 Å². The number of benzene rings is 3. The van der Waals surface area contributed by atoms with Crippen molar-refractivity contribution in [1.29, 1.82) is 0 Å². The zero-order chi connectivity index (χ0) is 15.8. The van der Waals surface area contributed by atoms with Gasteiger partial charge in [-0.3, -0.25) is 9.78 Å². The highest BCUT2D eigenvalue weighted by Crippen LogP contribution is 2.26. The van der Waals surface area contributed by atoms with Gasteiger partial charge in [0.2, 0.25) is 0 Å². The van der Waals surface area contributed by atoms with E-state index in [4.69, 9.17) is 0 Å². The molecule has 0 saturated carbocycles. The van der Waals surface area contributed by atoms with Crippen LogP contribution in [0.3, 0.4) is 0 Å². The van der Waals surface area contributed by atoms with E-state index < -0.39 is 0 Å². The molecule has 1 N–H and O–H groups in total. The minimum atomic E-state index is -0.231. The molecule has 0 aliphatic carbocycles. The molecule has 1 heterocycles. The molecule has 3 aromatic carbocycles. The monoisotopic (exact) mass is 299 g/mol. The standard InChI is InChI=1S/C20H13NO2/c22-19-8-4-3-7-16(19)20(23)14-11-17-15-6-2-1-5-13(15)9-10-18(17)21-12-14/h1-12,22H. The van der Waals surface area contributed by atoms with Crippen LogP contribution in [0.2, 0.25) is 0 Å². The molecular formula is C20H13NO2. The van der Waals surface area contributed by atoms with Crippen molar-refractivity contribution in [3.05, 3.63) is 84.1 Å². The number of rotatable bonds is 2. The van der Waals surface area contributed by atoms with Crippen molar-refractivity contribution in [3.8, 4) is 5.75 Å². The number of para-hydroxylation sites is 1. The van der Waals surface area contributed by atoms with Gasteiger partial charge in [-0.2, -0.15) is 0 Å². The Balaban J connectivity index is 1.93. The Morgan fingerprint density at radius 3 is 2.52 bits per heavy atom. The lowest BCUT2D eigenvalue weighted by Gasteiger charge is -2.07. The van der Waals surface area contributed by atoms with Crippen LogP contribution in [-0.2, 0) is 0 Å². The highest BCUT2D eigenvalue weighted by atomic mass is 16.3. The number of fused-ring (bicyclic) bond motifs is 3. The smallest absolute Gasteiger partial charge is 0.198 e. The number of carbonyl (C=O) groups is 1. The fourth-order valence-electron chi connectivity index (χ4n) is 2.83. The average Bonchev–Trinajstić information content (AvgIpc) is 2.61. The second kappa shape index (κ2) is 5.21. The van der Waals surface area contributed by atoms with Crippen LogP contribution in [0, 0.1) is 0 Å². The summed E-state index contributed by atoms with van der Waals surface area (Å²) in [5.41, 5.74) is 1.60. The summed E-state index contributed by atoms with van der Waals surface area (Å²) in [4.78, 5) is 17.1. The first-order valence-electron chi connectivity index (χ1n) is 7.34. The predicted octanol–water partition coefficient (Wildman–Crippen LogP) is 4.32. The number of pyridine rings is 1. The van der Waals surface area contributed by atoms with Crippen molar-refractivity contribution in [2.24, 2.45) is 0 Å². The van der Waals surface area contributed by atoms with Crippen molar-refractivity contribution in [2.45, 2.75) is 0 Å². The first-order valence-corrected chi connectivity index (χ1v) is 7.34. The normalized spacial score (nSPS) is 11.0. The summed E-state index contributed by atoms with van der Waals surface area (Å²) in [6.07, 6.45) is 1.56. The predicted molar refractivity (Wildman–Crippen MR) is 90.8 cm³/mol. The number of nitrogens with zero attached hydrogens (tertiary/aromatic N) is 1. The Labute approximate surface area is 132 Å². The fourth-order valence-corrected chi connectivity index (χ4v) is 2.83. The lowest BCUT2D eigenvalue weighted by molar-refractivity contribution is 0.103. The molecule has 0 saturated heterocycles. The van der Waals surface area contributed by atoms with E-state index in [9.17, 15) is 9.90 Å². The number of phenolic OH excluding ortho intramolecular Hbond substituents is 1. The molecule has 1 aromatic heterocycles. The van der Waals surface area contributed by atoms with Crippen molar-refractivity contribution in [1.82, 2.24) is 4.98 Å². The Morgan fingerprint density at radius 2 is 1.65 bits per heavy atom. The minimum Gasteiger partial charge on any atom is -0.507 e. The second-order valence-corrected chi connectivity index (χ2v) is 5.42. The third kappa shape index (κ3) is 2.23. The molecule has 0 amide bonds. The zero-order valence-corrected chi connectivity index (χ0v) is 12.2. The van der Waals surface area contributed by atoms with Crippen LogP contribution in [0.4, 0.5) is 0 Å². The zero-order valence-electron chi connectivity index (χ0n) is 12.2. The summed E-state index contributed by atoms with van der Waals surface area (Å²) in [5, 5.41) is 13.0. The van der Waals surface area contributed by atoms with Gasteiger partial charge in [0.05, 0.1) is 11.1 Å². The van der Waals surface area contributed by atoms with Gasteiger partial charge in [0.25, 0.3) is 0 Å². The van der Waals surface area contributed by atoms with E-state index in [2.05, 4.69) is 4.98 Å². The van der Waals surface area contributed by atoms with Gasteiger partial charge in [-0.1, -0.05) is 42.5 Å². The summed E-state index contributed by atoms with van der Waals surface area (Å²) in [6, 6.07) is 20.4. The third-order valence-corrected chi connectivity index (χ3v) is 4.00. The lowest BCUT2D eigenvalue weighted by atomic mass is 10.00. The van der Waals surface area contributed by atoms with Crippen LogP contribution in [0.15, 0.2) is 72.9 Å². The van der Waals surface area contributed by atoms with E-state index >= 15 is 0 Å². The van der Waals surface area contributed by atoms with Crippen molar-refractivity contribution in [3.63, 3.8) is 0 Å². The number of aromatic hydroxyl groups is 1. The van der Waals surface area contributed by atoms with Crippen molar-refractivity contribution in [2.75, 3.05) is 0 Å². The number of hydrogen-bond donors (Lipinski definition) is 1. The van der Waals surface area contributed by atoms with Crippen molar-refractivity contribution < 1.29 is 9.90 Å². The molecule has 0 bridgehead atoms. The van der Waals surface area contributed by atoms with E-state index in [0.29, 0.717) is 5.56 Å². The summed E-state index contributed by atoms with van der Waals surface area (Å²) in [5.74, 6) is -0.249.